The molecule has 2 N–H and O–H groups in total. The molecule has 0 aliphatic rings. The van der Waals surface area contributed by atoms with E-state index in [-0.39, 0.29) is 18.3 Å². The van der Waals surface area contributed by atoms with E-state index >= 15 is 0 Å². The lowest BCUT2D eigenvalue weighted by molar-refractivity contribution is -0.384. The highest BCUT2D eigenvalue weighted by atomic mass is 79.9. The van der Waals surface area contributed by atoms with Crippen LogP contribution in [0.25, 0.3) is 0 Å². The first-order valence-corrected chi connectivity index (χ1v) is 6.65. The second kappa shape index (κ2) is 7.33. The van der Waals surface area contributed by atoms with Gasteiger partial charge in [0.05, 0.1) is 4.92 Å². The molecule has 0 fully saturated rings. The Hall–Kier alpha value is -1.14. The number of nitro groups is 1. The number of unbranched alkanes of at least 4 members (excludes halogenated alkanes) is 1. The maximum atomic E-state index is 10.9. The lowest BCUT2D eigenvalue weighted by atomic mass is 10.1. The summed E-state index contributed by atoms with van der Waals surface area (Å²) in [7, 11) is 0. The highest BCUT2D eigenvalue weighted by Crippen LogP contribution is 2.28. The average molecular weight is 317 g/mol. The number of halogens is 1. The summed E-state index contributed by atoms with van der Waals surface area (Å²) in [6.07, 6.45) is 2.52. The van der Waals surface area contributed by atoms with E-state index in [9.17, 15) is 10.1 Å². The monoisotopic (exact) mass is 316 g/mol. The van der Waals surface area contributed by atoms with Gasteiger partial charge < -0.3 is 10.4 Å². The zero-order valence-electron chi connectivity index (χ0n) is 10.2. The number of hydrogen-bond acceptors (Lipinski definition) is 4. The molecule has 0 heterocycles. The molecule has 0 aliphatic carbocycles. The van der Waals surface area contributed by atoms with Crippen LogP contribution in [0.3, 0.4) is 0 Å². The molecular formula is C12H17BrN2O3. The third kappa shape index (κ3) is 4.62. The minimum Gasteiger partial charge on any atom is -0.396 e. The van der Waals surface area contributed by atoms with Gasteiger partial charge in [-0.3, -0.25) is 10.1 Å². The summed E-state index contributed by atoms with van der Waals surface area (Å²) in [6, 6.07) is 4.97. The number of nitrogens with zero attached hydrogens (tertiary/aromatic N) is 1. The highest BCUT2D eigenvalue weighted by Gasteiger charge is 2.15. The number of nitrogens with one attached hydrogen (secondary N) is 1. The zero-order valence-corrected chi connectivity index (χ0v) is 11.8. The Morgan fingerprint density at radius 2 is 2.22 bits per heavy atom. The fraction of sp³-hybridized carbons (Fsp3) is 0.500. The van der Waals surface area contributed by atoms with Gasteiger partial charge in [0.25, 0.3) is 5.69 Å². The molecule has 0 saturated carbocycles. The van der Waals surface area contributed by atoms with Crippen LogP contribution in [0.4, 0.5) is 11.4 Å². The van der Waals surface area contributed by atoms with Gasteiger partial charge in [0, 0.05) is 23.2 Å². The Balaban J connectivity index is 2.70. The highest BCUT2D eigenvalue weighted by molar-refractivity contribution is 9.10. The fourth-order valence-electron chi connectivity index (χ4n) is 1.68. The van der Waals surface area contributed by atoms with Crippen LogP contribution in [-0.4, -0.2) is 22.7 Å². The third-order valence-electron chi connectivity index (χ3n) is 2.60. The van der Waals surface area contributed by atoms with Gasteiger partial charge in [-0.1, -0.05) is 15.9 Å². The van der Waals surface area contributed by atoms with Crippen LogP contribution in [-0.2, 0) is 0 Å². The molecule has 5 nitrogen and oxygen atoms in total. The van der Waals surface area contributed by atoms with Gasteiger partial charge >= 0.3 is 0 Å². The van der Waals surface area contributed by atoms with Crippen LogP contribution in [0.5, 0.6) is 0 Å². The summed E-state index contributed by atoms with van der Waals surface area (Å²) >= 11 is 3.30. The molecule has 1 aromatic rings. The molecule has 1 unspecified atom stereocenters. The minimum atomic E-state index is -0.394. The van der Waals surface area contributed by atoms with E-state index in [1.165, 1.54) is 6.07 Å². The molecule has 100 valence electrons. The molecule has 0 aromatic heterocycles. The molecule has 6 heteroatoms. The van der Waals surface area contributed by atoms with E-state index in [2.05, 4.69) is 21.2 Å². The summed E-state index contributed by atoms with van der Waals surface area (Å²) in [4.78, 5) is 10.5. The van der Waals surface area contributed by atoms with Crippen molar-refractivity contribution in [2.24, 2.45) is 0 Å². The Morgan fingerprint density at radius 3 is 2.83 bits per heavy atom. The molecule has 0 radical (unpaired) electrons. The van der Waals surface area contributed by atoms with Crippen molar-refractivity contribution in [3.8, 4) is 0 Å². The van der Waals surface area contributed by atoms with Crippen molar-refractivity contribution in [2.45, 2.75) is 32.2 Å². The van der Waals surface area contributed by atoms with Crippen LogP contribution in [0, 0.1) is 10.1 Å². The Kier molecular flexibility index (Phi) is 6.07. The van der Waals surface area contributed by atoms with E-state index in [0.29, 0.717) is 5.69 Å². The van der Waals surface area contributed by atoms with E-state index in [1.807, 2.05) is 6.92 Å². The maximum Gasteiger partial charge on any atom is 0.292 e. The summed E-state index contributed by atoms with van der Waals surface area (Å²) < 4.78 is 0.804. The summed E-state index contributed by atoms with van der Waals surface area (Å²) in [5, 5.41) is 22.7. The fourth-order valence-corrected chi connectivity index (χ4v) is 2.04. The van der Waals surface area contributed by atoms with Crippen LogP contribution < -0.4 is 5.32 Å². The summed E-state index contributed by atoms with van der Waals surface area (Å²) in [6.45, 7) is 2.16. The molecule has 1 aromatic carbocycles. The van der Waals surface area contributed by atoms with Gasteiger partial charge in [-0.15, -0.1) is 0 Å². The lowest BCUT2D eigenvalue weighted by Crippen LogP contribution is -2.16. The number of aliphatic hydroxyl groups excluding tert-OH is 1. The summed E-state index contributed by atoms with van der Waals surface area (Å²) in [5.74, 6) is 0. The predicted octanol–water partition coefficient (Wildman–Crippen LogP) is 3.32. The van der Waals surface area contributed by atoms with Gasteiger partial charge in [-0.05, 0) is 38.3 Å². The van der Waals surface area contributed by atoms with Gasteiger partial charge in [0.15, 0.2) is 0 Å². The molecular weight excluding hydrogens is 300 g/mol. The molecule has 1 rings (SSSR count). The third-order valence-corrected chi connectivity index (χ3v) is 3.10. The number of rotatable bonds is 7. The molecule has 0 amide bonds. The first kappa shape index (κ1) is 14.9. The lowest BCUT2D eigenvalue weighted by Gasteiger charge is -2.15. The van der Waals surface area contributed by atoms with E-state index in [4.69, 9.17) is 5.11 Å². The van der Waals surface area contributed by atoms with Crippen molar-refractivity contribution in [1.82, 2.24) is 0 Å². The van der Waals surface area contributed by atoms with Crippen molar-refractivity contribution in [2.75, 3.05) is 11.9 Å². The van der Waals surface area contributed by atoms with Crippen molar-refractivity contribution in [3.63, 3.8) is 0 Å². The number of aliphatic hydroxyl groups is 1. The van der Waals surface area contributed by atoms with Crippen molar-refractivity contribution in [1.29, 1.82) is 0 Å². The number of anilines is 1. The second-order valence-electron chi connectivity index (χ2n) is 4.18. The van der Waals surface area contributed by atoms with Crippen LogP contribution in [0.15, 0.2) is 22.7 Å². The smallest absolute Gasteiger partial charge is 0.292 e. The number of nitro benzene ring substituents is 1. The second-order valence-corrected chi connectivity index (χ2v) is 5.10. The maximum absolute atomic E-state index is 10.9. The Bertz CT molecular complexity index is 412. The van der Waals surface area contributed by atoms with Gasteiger partial charge in [0.2, 0.25) is 0 Å². The largest absolute Gasteiger partial charge is 0.396 e. The zero-order chi connectivity index (χ0) is 13.5. The topological polar surface area (TPSA) is 75.4 Å². The van der Waals surface area contributed by atoms with Gasteiger partial charge in [-0.25, -0.2) is 0 Å². The predicted molar refractivity (Wildman–Crippen MR) is 74.8 cm³/mol. The van der Waals surface area contributed by atoms with Crippen molar-refractivity contribution >= 4 is 27.3 Å². The first-order valence-electron chi connectivity index (χ1n) is 5.86. The van der Waals surface area contributed by atoms with Crippen molar-refractivity contribution < 1.29 is 10.0 Å². The average Bonchev–Trinajstić information content (AvgIpc) is 2.29. The SMILES string of the molecule is CC(CCCCO)Nc1cc(Br)ccc1[N+](=O)[O-]. The molecule has 0 aliphatic heterocycles. The molecule has 18 heavy (non-hydrogen) atoms. The Morgan fingerprint density at radius 1 is 1.50 bits per heavy atom. The van der Waals surface area contributed by atoms with Crippen LogP contribution in [0.1, 0.15) is 26.2 Å². The van der Waals surface area contributed by atoms with Gasteiger partial charge in [-0.2, -0.15) is 0 Å². The molecule has 0 bridgehead atoms. The minimum absolute atomic E-state index is 0.0761. The van der Waals surface area contributed by atoms with Crippen LogP contribution >= 0.6 is 15.9 Å². The van der Waals surface area contributed by atoms with Gasteiger partial charge in [0.1, 0.15) is 5.69 Å². The van der Waals surface area contributed by atoms with E-state index in [0.717, 1.165) is 23.7 Å². The van der Waals surface area contributed by atoms with E-state index in [1.54, 1.807) is 12.1 Å². The molecule has 0 spiro atoms. The van der Waals surface area contributed by atoms with Crippen molar-refractivity contribution in [3.05, 3.63) is 32.8 Å². The Labute approximate surface area is 114 Å². The molecule has 0 saturated heterocycles. The quantitative estimate of drug-likeness (QED) is 0.459. The number of benzene rings is 1. The number of hydrogen-bond donors (Lipinski definition) is 2. The normalized spacial score (nSPS) is 12.2. The standard InChI is InChI=1S/C12H17BrN2O3/c1-9(4-2-3-7-16)14-11-8-10(13)5-6-12(11)15(17)18/h5-6,8-9,14,16H,2-4,7H2,1H3. The summed E-state index contributed by atoms with van der Waals surface area (Å²) in [5.41, 5.74) is 0.595. The van der Waals surface area contributed by atoms with Crippen LogP contribution in [0.2, 0.25) is 0 Å². The first-order chi connectivity index (χ1) is 8.54. The molecule has 1 atom stereocenters. The van der Waals surface area contributed by atoms with E-state index < -0.39 is 4.92 Å².